The van der Waals surface area contributed by atoms with Gasteiger partial charge < -0.3 is 18.9 Å². The molecule has 6 rings (SSSR count). The molecule has 0 bridgehead atoms. The van der Waals surface area contributed by atoms with E-state index in [2.05, 4.69) is 5.32 Å². The normalized spacial score (nSPS) is 13.6. The second-order valence-corrected chi connectivity index (χ2v) is 11.1. The molecule has 0 aromatic heterocycles. The molecular formula is C40H34N2O7. The number of benzene rings is 5. The summed E-state index contributed by atoms with van der Waals surface area (Å²) in [6, 6.07) is 38.0. The number of carbonyl (C=O) groups is 3. The van der Waals surface area contributed by atoms with Crippen molar-refractivity contribution in [1.29, 1.82) is 0 Å². The molecule has 0 aliphatic carbocycles. The summed E-state index contributed by atoms with van der Waals surface area (Å²) in [5.41, 5.74) is 3.69. The molecule has 0 spiro atoms. The van der Waals surface area contributed by atoms with Crippen LogP contribution in [0.15, 0.2) is 133 Å². The summed E-state index contributed by atoms with van der Waals surface area (Å²) in [7, 11) is 0. The first kappa shape index (κ1) is 32.6. The number of rotatable bonds is 13. The lowest BCUT2D eigenvalue weighted by atomic mass is 10.1. The first-order valence-electron chi connectivity index (χ1n) is 15.8. The van der Waals surface area contributed by atoms with Crippen molar-refractivity contribution in [2.45, 2.75) is 26.7 Å². The monoisotopic (exact) mass is 654 g/mol. The second kappa shape index (κ2) is 15.5. The molecular weight excluding hydrogens is 620 g/mol. The van der Waals surface area contributed by atoms with Crippen LogP contribution in [0.25, 0.3) is 6.08 Å². The van der Waals surface area contributed by atoms with E-state index in [4.69, 9.17) is 18.9 Å². The number of amides is 4. The van der Waals surface area contributed by atoms with Gasteiger partial charge in [0.15, 0.2) is 11.5 Å². The van der Waals surface area contributed by atoms with Crippen LogP contribution in [0.2, 0.25) is 0 Å². The topological polar surface area (TPSA) is 103 Å². The average molecular weight is 655 g/mol. The Morgan fingerprint density at radius 3 is 1.78 bits per heavy atom. The summed E-state index contributed by atoms with van der Waals surface area (Å²) in [5, 5.41) is 2.26. The standard InChI is InChI=1S/C40H34N2O7/c1-2-46-37-24-31(15-22-36(37)49-26-30-11-7-4-8-12-30)27-48-33-18-13-28(14-19-33)23-35-38(43)41-40(45)42(39(35)44)32-16-20-34(21-17-32)47-25-29-9-5-3-6-10-29/h3-24H,2,25-27H2,1H3,(H,41,43,45)/b35-23-. The van der Waals surface area contributed by atoms with Crippen molar-refractivity contribution < 1.29 is 33.3 Å². The molecule has 0 saturated carbocycles. The fourth-order valence-electron chi connectivity index (χ4n) is 5.08. The number of urea groups is 1. The highest BCUT2D eigenvalue weighted by Crippen LogP contribution is 2.30. The predicted octanol–water partition coefficient (Wildman–Crippen LogP) is 7.49. The van der Waals surface area contributed by atoms with E-state index in [1.165, 1.54) is 6.08 Å². The number of ether oxygens (including phenoxy) is 4. The maximum absolute atomic E-state index is 13.4. The average Bonchev–Trinajstić information content (AvgIpc) is 3.13. The zero-order valence-corrected chi connectivity index (χ0v) is 26.8. The quantitative estimate of drug-likeness (QED) is 0.104. The van der Waals surface area contributed by atoms with Gasteiger partial charge in [-0.15, -0.1) is 0 Å². The summed E-state index contributed by atoms with van der Waals surface area (Å²) in [6.45, 7) is 3.50. The fraction of sp³-hybridized carbons (Fsp3) is 0.125. The summed E-state index contributed by atoms with van der Waals surface area (Å²) < 4.78 is 23.6. The van der Waals surface area contributed by atoms with Crippen LogP contribution in [-0.2, 0) is 29.4 Å². The molecule has 1 fully saturated rings. The number of carbonyl (C=O) groups excluding carboxylic acids is 3. The maximum atomic E-state index is 13.4. The molecule has 9 nitrogen and oxygen atoms in total. The molecule has 1 N–H and O–H groups in total. The molecule has 0 atom stereocenters. The van der Waals surface area contributed by atoms with Crippen molar-refractivity contribution >= 4 is 29.6 Å². The lowest BCUT2D eigenvalue weighted by Gasteiger charge is -2.26. The molecule has 9 heteroatoms. The van der Waals surface area contributed by atoms with Crippen molar-refractivity contribution in [3.8, 4) is 23.0 Å². The van der Waals surface area contributed by atoms with Gasteiger partial charge in [-0.25, -0.2) is 9.69 Å². The van der Waals surface area contributed by atoms with Gasteiger partial charge in [-0.3, -0.25) is 14.9 Å². The number of imide groups is 2. The molecule has 1 saturated heterocycles. The van der Waals surface area contributed by atoms with Crippen LogP contribution in [0, 0.1) is 0 Å². The zero-order valence-electron chi connectivity index (χ0n) is 26.8. The Bertz CT molecular complexity index is 1940. The highest BCUT2D eigenvalue weighted by atomic mass is 16.5. The Hall–Kier alpha value is -6.35. The van der Waals surface area contributed by atoms with E-state index in [9.17, 15) is 14.4 Å². The maximum Gasteiger partial charge on any atom is 0.335 e. The molecule has 1 aliphatic rings. The smallest absolute Gasteiger partial charge is 0.335 e. The molecule has 1 aliphatic heterocycles. The van der Waals surface area contributed by atoms with E-state index in [1.807, 2.05) is 85.8 Å². The predicted molar refractivity (Wildman–Crippen MR) is 185 cm³/mol. The van der Waals surface area contributed by atoms with Gasteiger partial charge >= 0.3 is 6.03 Å². The molecule has 0 unspecified atom stereocenters. The van der Waals surface area contributed by atoms with Gasteiger partial charge in [-0.05, 0) is 83.8 Å². The number of nitrogens with zero attached hydrogens (tertiary/aromatic N) is 1. The van der Waals surface area contributed by atoms with Crippen molar-refractivity contribution in [3.63, 3.8) is 0 Å². The molecule has 246 valence electrons. The molecule has 1 heterocycles. The third-order valence-corrected chi connectivity index (χ3v) is 7.59. The first-order valence-corrected chi connectivity index (χ1v) is 15.8. The van der Waals surface area contributed by atoms with Crippen molar-refractivity contribution in [1.82, 2.24) is 5.32 Å². The summed E-state index contributed by atoms with van der Waals surface area (Å²) in [4.78, 5) is 39.7. The fourth-order valence-corrected chi connectivity index (χ4v) is 5.08. The first-order chi connectivity index (χ1) is 24.0. The summed E-state index contributed by atoms with van der Waals surface area (Å²) in [5.74, 6) is 0.959. The van der Waals surface area contributed by atoms with Crippen molar-refractivity contribution in [2.24, 2.45) is 0 Å². The zero-order chi connectivity index (χ0) is 34.0. The van der Waals surface area contributed by atoms with Gasteiger partial charge in [0.05, 0.1) is 12.3 Å². The molecule has 0 radical (unpaired) electrons. The minimum atomic E-state index is -0.822. The number of barbiturate groups is 1. The Morgan fingerprint density at radius 2 is 1.16 bits per heavy atom. The van der Waals surface area contributed by atoms with Crippen LogP contribution in [-0.4, -0.2) is 24.5 Å². The molecule has 5 aromatic carbocycles. The van der Waals surface area contributed by atoms with Crippen LogP contribution >= 0.6 is 0 Å². The highest BCUT2D eigenvalue weighted by molar-refractivity contribution is 6.39. The second-order valence-electron chi connectivity index (χ2n) is 11.1. The minimum Gasteiger partial charge on any atom is -0.490 e. The number of hydrogen-bond acceptors (Lipinski definition) is 7. The van der Waals surface area contributed by atoms with Gasteiger partial charge in [0, 0.05) is 0 Å². The summed E-state index contributed by atoms with van der Waals surface area (Å²) in [6.07, 6.45) is 1.45. The van der Waals surface area contributed by atoms with Crippen LogP contribution in [0.5, 0.6) is 23.0 Å². The van der Waals surface area contributed by atoms with Gasteiger partial charge in [-0.2, -0.15) is 0 Å². The van der Waals surface area contributed by atoms with Gasteiger partial charge in [0.25, 0.3) is 11.8 Å². The highest BCUT2D eigenvalue weighted by Gasteiger charge is 2.36. The van der Waals surface area contributed by atoms with Crippen LogP contribution in [0.4, 0.5) is 10.5 Å². The number of nitrogens with one attached hydrogen (secondary N) is 1. The Balaban J connectivity index is 1.08. The van der Waals surface area contributed by atoms with E-state index < -0.39 is 17.8 Å². The minimum absolute atomic E-state index is 0.171. The van der Waals surface area contributed by atoms with E-state index in [1.54, 1.807) is 48.5 Å². The third kappa shape index (κ3) is 8.33. The Kier molecular flexibility index (Phi) is 10.3. The van der Waals surface area contributed by atoms with E-state index >= 15 is 0 Å². The number of hydrogen-bond donors (Lipinski definition) is 1. The van der Waals surface area contributed by atoms with Gasteiger partial charge in [0.2, 0.25) is 0 Å². The number of anilines is 1. The van der Waals surface area contributed by atoms with Crippen LogP contribution in [0.1, 0.15) is 29.2 Å². The molecule has 4 amide bonds. The van der Waals surface area contributed by atoms with Gasteiger partial charge in [-0.1, -0.05) is 78.9 Å². The van der Waals surface area contributed by atoms with Crippen LogP contribution < -0.4 is 29.2 Å². The van der Waals surface area contributed by atoms with E-state index in [0.29, 0.717) is 54.1 Å². The SMILES string of the molecule is CCOc1cc(COc2ccc(/C=C3/C(=O)NC(=O)N(c4ccc(OCc5ccccc5)cc4)C3=O)cc2)ccc1OCc1ccccc1. The van der Waals surface area contributed by atoms with E-state index in [-0.39, 0.29) is 12.2 Å². The Labute approximate surface area is 284 Å². The van der Waals surface area contributed by atoms with Gasteiger partial charge in [0.1, 0.15) is 36.9 Å². The van der Waals surface area contributed by atoms with E-state index in [0.717, 1.165) is 21.6 Å². The van der Waals surface area contributed by atoms with Crippen molar-refractivity contribution in [2.75, 3.05) is 11.5 Å². The summed E-state index contributed by atoms with van der Waals surface area (Å²) >= 11 is 0. The lowest BCUT2D eigenvalue weighted by Crippen LogP contribution is -2.54. The Morgan fingerprint density at radius 1 is 0.592 bits per heavy atom. The molecule has 5 aromatic rings. The van der Waals surface area contributed by atoms with Crippen molar-refractivity contribution in [3.05, 3.63) is 155 Å². The molecule has 49 heavy (non-hydrogen) atoms. The lowest BCUT2D eigenvalue weighted by molar-refractivity contribution is -0.122. The van der Waals surface area contributed by atoms with Crippen LogP contribution in [0.3, 0.4) is 0 Å². The largest absolute Gasteiger partial charge is 0.490 e. The third-order valence-electron chi connectivity index (χ3n) is 7.59.